The van der Waals surface area contributed by atoms with E-state index in [9.17, 15) is 0 Å². The number of hydrogen-bond donors (Lipinski definition) is 0. The largest absolute Gasteiger partial charge is 0.309 e. The predicted molar refractivity (Wildman–Crippen MR) is 281 cm³/mol. The molecule has 0 atom stereocenters. The first kappa shape index (κ1) is 38.0. The monoisotopic (exact) mass is 877 g/mol. The van der Waals surface area contributed by atoms with Crippen LogP contribution in [0.1, 0.15) is 22.3 Å². The lowest BCUT2D eigenvalue weighted by molar-refractivity contribution is 0.794. The molecule has 10 aromatic carbocycles. The van der Waals surface area contributed by atoms with Crippen LogP contribution in [0.2, 0.25) is 0 Å². The molecular formula is C64H39N5. The zero-order valence-corrected chi connectivity index (χ0v) is 37.3. The topological polar surface area (TPSA) is 48.5 Å². The number of nitrogens with zero attached hydrogens (tertiary/aromatic N) is 5. The fourth-order valence-corrected chi connectivity index (χ4v) is 12.0. The van der Waals surface area contributed by atoms with Crippen molar-refractivity contribution >= 4 is 43.6 Å². The van der Waals surface area contributed by atoms with Crippen LogP contribution in [-0.4, -0.2) is 24.1 Å². The van der Waals surface area contributed by atoms with Gasteiger partial charge in [-0.15, -0.1) is 0 Å². The van der Waals surface area contributed by atoms with Crippen molar-refractivity contribution in [3.8, 4) is 67.8 Å². The molecule has 0 aliphatic heterocycles. The Kier molecular flexibility index (Phi) is 7.93. The second kappa shape index (κ2) is 14.4. The smallest absolute Gasteiger partial charge is 0.164 e. The molecule has 0 radical (unpaired) electrons. The van der Waals surface area contributed by atoms with E-state index in [0.717, 1.165) is 44.6 Å². The van der Waals surface area contributed by atoms with E-state index in [1.807, 2.05) is 18.2 Å². The Morgan fingerprint density at radius 2 is 0.754 bits per heavy atom. The van der Waals surface area contributed by atoms with Gasteiger partial charge in [0.2, 0.25) is 0 Å². The Morgan fingerprint density at radius 3 is 1.39 bits per heavy atom. The van der Waals surface area contributed by atoms with Gasteiger partial charge in [-0.1, -0.05) is 176 Å². The van der Waals surface area contributed by atoms with Crippen LogP contribution in [0.3, 0.4) is 0 Å². The van der Waals surface area contributed by atoms with Gasteiger partial charge in [0.05, 0.1) is 27.5 Å². The summed E-state index contributed by atoms with van der Waals surface area (Å²) >= 11 is 0. The highest BCUT2D eigenvalue weighted by atomic mass is 15.0. The number of benzene rings is 10. The first-order chi connectivity index (χ1) is 34.2. The maximum absolute atomic E-state index is 5.23. The number of para-hydroxylation sites is 3. The normalized spacial score (nSPS) is 13.0. The molecule has 13 aromatic rings. The lowest BCUT2D eigenvalue weighted by atomic mass is 9.70. The minimum absolute atomic E-state index is 0.410. The summed E-state index contributed by atoms with van der Waals surface area (Å²) in [5.74, 6) is 1.86. The van der Waals surface area contributed by atoms with E-state index in [-0.39, 0.29) is 0 Å². The molecule has 320 valence electrons. The molecule has 2 aliphatic carbocycles. The molecule has 0 fully saturated rings. The van der Waals surface area contributed by atoms with Gasteiger partial charge in [0, 0.05) is 49.6 Å². The van der Waals surface area contributed by atoms with Crippen molar-refractivity contribution in [2.24, 2.45) is 0 Å². The highest BCUT2D eigenvalue weighted by molar-refractivity contribution is 6.19. The quantitative estimate of drug-likeness (QED) is 0.173. The van der Waals surface area contributed by atoms with Crippen LogP contribution in [-0.2, 0) is 5.41 Å². The highest BCUT2D eigenvalue weighted by Gasteiger charge is 2.52. The first-order valence-electron chi connectivity index (χ1n) is 23.6. The summed E-state index contributed by atoms with van der Waals surface area (Å²) in [4.78, 5) is 15.5. The van der Waals surface area contributed by atoms with E-state index < -0.39 is 5.41 Å². The van der Waals surface area contributed by atoms with Gasteiger partial charge in [0.25, 0.3) is 0 Å². The van der Waals surface area contributed by atoms with Gasteiger partial charge in [0.1, 0.15) is 0 Å². The highest BCUT2D eigenvalue weighted by Crippen LogP contribution is 2.64. The Labute approximate surface area is 397 Å². The lowest BCUT2D eigenvalue weighted by Crippen LogP contribution is -2.25. The van der Waals surface area contributed by atoms with E-state index in [0.29, 0.717) is 17.5 Å². The summed E-state index contributed by atoms with van der Waals surface area (Å²) in [6.07, 6.45) is 0. The van der Waals surface area contributed by atoms with Crippen molar-refractivity contribution in [2.75, 3.05) is 0 Å². The molecule has 0 bridgehead atoms. The molecule has 5 heteroatoms. The summed E-state index contributed by atoms with van der Waals surface area (Å²) in [6, 6.07) is 85.4. The number of fused-ring (bicyclic) bond motifs is 17. The molecule has 0 saturated carbocycles. The number of hydrogen-bond acceptors (Lipinski definition) is 3. The molecule has 0 N–H and O–H groups in total. The minimum Gasteiger partial charge on any atom is -0.309 e. The minimum atomic E-state index is -0.410. The Hall–Kier alpha value is -9.19. The van der Waals surface area contributed by atoms with Crippen LogP contribution in [0, 0.1) is 0 Å². The molecule has 1 spiro atoms. The van der Waals surface area contributed by atoms with E-state index in [1.165, 1.54) is 71.6 Å². The fraction of sp³-hybridized carbons (Fsp3) is 0.0156. The van der Waals surface area contributed by atoms with Gasteiger partial charge in [0.15, 0.2) is 17.5 Å². The molecule has 5 nitrogen and oxygen atoms in total. The number of aromatic nitrogens is 5. The Bertz CT molecular complexity index is 4160. The Balaban J connectivity index is 0.885. The molecule has 0 unspecified atom stereocenters. The third kappa shape index (κ3) is 5.27. The molecule has 3 heterocycles. The average Bonchev–Trinajstić information content (AvgIpc) is 4.13. The van der Waals surface area contributed by atoms with Crippen LogP contribution >= 0.6 is 0 Å². The summed E-state index contributed by atoms with van der Waals surface area (Å²) in [5.41, 5.74) is 19.7. The summed E-state index contributed by atoms with van der Waals surface area (Å²) in [5, 5.41) is 4.95. The van der Waals surface area contributed by atoms with Crippen molar-refractivity contribution in [1.29, 1.82) is 0 Å². The van der Waals surface area contributed by atoms with Gasteiger partial charge < -0.3 is 9.13 Å². The molecule has 15 rings (SSSR count). The standard InChI is InChI=1S/C64H39N5/c1-2-17-40(18-3-1)61-65-62(67-63(66-61)42-19-16-20-44(39-42)69-55-30-13-7-23-47(55)48-24-8-14-31-56(48)69)41-33-35-43(36-34-41)68-57-32-15-9-26-50(57)60-58(68)38-37-54-59(60)49-25-6-12-29-53(49)64(54)51-27-10-4-21-45(51)46-22-5-11-28-52(46)64/h1-39H. The third-order valence-corrected chi connectivity index (χ3v) is 14.8. The first-order valence-corrected chi connectivity index (χ1v) is 23.6. The molecule has 0 saturated heterocycles. The maximum Gasteiger partial charge on any atom is 0.164 e. The second-order valence-corrected chi connectivity index (χ2v) is 18.3. The van der Waals surface area contributed by atoms with Crippen LogP contribution < -0.4 is 0 Å². The zero-order chi connectivity index (χ0) is 45.2. The van der Waals surface area contributed by atoms with Gasteiger partial charge in [-0.2, -0.15) is 0 Å². The summed E-state index contributed by atoms with van der Waals surface area (Å²) in [6.45, 7) is 0. The van der Waals surface area contributed by atoms with Crippen molar-refractivity contribution in [3.05, 3.63) is 259 Å². The van der Waals surface area contributed by atoms with Gasteiger partial charge in [-0.25, -0.2) is 15.0 Å². The van der Waals surface area contributed by atoms with Crippen molar-refractivity contribution in [3.63, 3.8) is 0 Å². The molecule has 69 heavy (non-hydrogen) atoms. The van der Waals surface area contributed by atoms with Crippen molar-refractivity contribution < 1.29 is 0 Å². The Morgan fingerprint density at radius 1 is 0.290 bits per heavy atom. The van der Waals surface area contributed by atoms with Crippen LogP contribution in [0.5, 0.6) is 0 Å². The SMILES string of the molecule is c1ccc(-c2nc(-c3ccc(-n4c5ccccc5c5c6c(ccc54)C4(c5ccccc5-c5ccccc54)c4ccccc4-6)cc3)nc(-c3cccc(-n4c5ccccc5c5ccccc54)c3)n2)cc1. The average molecular weight is 878 g/mol. The van der Waals surface area contributed by atoms with Crippen molar-refractivity contribution in [1.82, 2.24) is 24.1 Å². The second-order valence-electron chi connectivity index (χ2n) is 18.3. The molecule has 3 aromatic heterocycles. The third-order valence-electron chi connectivity index (χ3n) is 14.8. The van der Waals surface area contributed by atoms with Gasteiger partial charge in [-0.3, -0.25) is 0 Å². The van der Waals surface area contributed by atoms with Gasteiger partial charge >= 0.3 is 0 Å². The maximum atomic E-state index is 5.23. The predicted octanol–water partition coefficient (Wildman–Crippen LogP) is 15.4. The molecule has 0 amide bonds. The zero-order valence-electron chi connectivity index (χ0n) is 37.3. The summed E-state index contributed by atoms with van der Waals surface area (Å²) in [7, 11) is 0. The molecule has 2 aliphatic rings. The number of rotatable bonds is 5. The lowest BCUT2D eigenvalue weighted by Gasteiger charge is -2.30. The van der Waals surface area contributed by atoms with Crippen molar-refractivity contribution in [2.45, 2.75) is 5.41 Å². The summed E-state index contributed by atoms with van der Waals surface area (Å²) < 4.78 is 4.76. The van der Waals surface area contributed by atoms with Crippen LogP contribution in [0.4, 0.5) is 0 Å². The van der Waals surface area contributed by atoms with E-state index >= 15 is 0 Å². The van der Waals surface area contributed by atoms with E-state index in [4.69, 9.17) is 15.0 Å². The van der Waals surface area contributed by atoms with Crippen LogP contribution in [0.15, 0.2) is 237 Å². The van der Waals surface area contributed by atoms with Gasteiger partial charge in [-0.05, 0) is 105 Å². The van der Waals surface area contributed by atoms with E-state index in [2.05, 4.69) is 228 Å². The molecular weight excluding hydrogens is 839 g/mol. The fourth-order valence-electron chi connectivity index (χ4n) is 12.0. The van der Waals surface area contributed by atoms with Crippen LogP contribution in [0.25, 0.3) is 111 Å². The van der Waals surface area contributed by atoms with E-state index in [1.54, 1.807) is 0 Å².